The predicted octanol–water partition coefficient (Wildman–Crippen LogP) is 2.71. The molecule has 0 aromatic carbocycles. The Morgan fingerprint density at radius 2 is 2.22 bits per heavy atom. The minimum atomic E-state index is -4.09. The summed E-state index contributed by atoms with van der Waals surface area (Å²) in [4.78, 5) is 16.9. The van der Waals surface area contributed by atoms with Crippen LogP contribution in [0.2, 0.25) is 5.02 Å². The Hall–Kier alpha value is -0.560. The fourth-order valence-corrected chi connectivity index (χ4v) is 5.40. The first-order valence-electron chi connectivity index (χ1n) is 5.99. The van der Waals surface area contributed by atoms with Crippen molar-refractivity contribution in [1.29, 1.82) is 0 Å². The van der Waals surface area contributed by atoms with Crippen molar-refractivity contribution in [2.75, 3.05) is 19.0 Å². The van der Waals surface area contributed by atoms with Gasteiger partial charge in [0.2, 0.25) is 10.0 Å². The number of hydrogen-bond acceptors (Lipinski definition) is 7. The molecular weight excluding hydrogens is 450 g/mol. The van der Waals surface area contributed by atoms with Gasteiger partial charge in [-0.25, -0.2) is 18.5 Å². The number of thiazole rings is 1. The largest absolute Gasteiger partial charge is 0.384 e. The average Bonchev–Trinajstić information content (AvgIpc) is 3.00. The van der Waals surface area contributed by atoms with E-state index in [1.807, 2.05) is 0 Å². The van der Waals surface area contributed by atoms with Crippen LogP contribution >= 0.6 is 50.2 Å². The van der Waals surface area contributed by atoms with Crippen LogP contribution in [0.1, 0.15) is 15.2 Å². The van der Waals surface area contributed by atoms with Crippen LogP contribution in [0.5, 0.6) is 0 Å². The highest BCUT2D eigenvalue weighted by Gasteiger charge is 2.29. The Morgan fingerprint density at radius 1 is 1.52 bits per heavy atom. The number of thiophene rings is 1. The number of halogens is 2. The van der Waals surface area contributed by atoms with E-state index in [0.717, 1.165) is 15.1 Å². The molecule has 2 heterocycles. The maximum Gasteiger partial charge on any atom is 0.261 e. The smallest absolute Gasteiger partial charge is 0.261 e. The van der Waals surface area contributed by atoms with E-state index in [0.29, 0.717) is 23.0 Å². The van der Waals surface area contributed by atoms with Crippen molar-refractivity contribution in [2.24, 2.45) is 5.14 Å². The van der Waals surface area contributed by atoms with Crippen LogP contribution in [-0.4, -0.2) is 33.0 Å². The van der Waals surface area contributed by atoms with Crippen molar-refractivity contribution >= 4 is 71.3 Å². The lowest BCUT2D eigenvalue weighted by molar-refractivity contribution is 0.102. The monoisotopic (exact) mass is 459 g/mol. The zero-order valence-electron chi connectivity index (χ0n) is 11.6. The standard InChI is InChI=1S/C11H11BrClN3O4S3/c1-20-3-2-5-8(13)7(10(21-5)23(14,18)19)9(17)16-11-15-4-6(12)22-11/h4H,2-3H2,1H3,(H2,14,18,19)(H,15,16,17). The fraction of sp³-hybridized carbons (Fsp3) is 0.273. The molecule has 0 bridgehead atoms. The van der Waals surface area contributed by atoms with Crippen LogP contribution < -0.4 is 10.5 Å². The van der Waals surface area contributed by atoms with Gasteiger partial charge in [-0.2, -0.15) is 0 Å². The lowest BCUT2D eigenvalue weighted by atomic mass is 10.2. The van der Waals surface area contributed by atoms with Gasteiger partial charge in [0, 0.05) is 18.4 Å². The number of methoxy groups -OCH3 is 1. The van der Waals surface area contributed by atoms with Gasteiger partial charge in [-0.15, -0.1) is 11.3 Å². The van der Waals surface area contributed by atoms with Crippen molar-refractivity contribution in [2.45, 2.75) is 10.6 Å². The predicted molar refractivity (Wildman–Crippen MR) is 94.0 cm³/mol. The topological polar surface area (TPSA) is 111 Å². The van der Waals surface area contributed by atoms with Gasteiger partial charge in [0.1, 0.15) is 4.21 Å². The molecule has 0 aliphatic rings. The van der Waals surface area contributed by atoms with E-state index >= 15 is 0 Å². The third-order valence-electron chi connectivity index (χ3n) is 2.60. The van der Waals surface area contributed by atoms with Crippen LogP contribution in [0.4, 0.5) is 5.13 Å². The van der Waals surface area contributed by atoms with Crippen molar-refractivity contribution in [1.82, 2.24) is 4.98 Å². The lowest BCUT2D eigenvalue weighted by Gasteiger charge is -2.03. The summed E-state index contributed by atoms with van der Waals surface area (Å²) in [7, 11) is -2.58. The number of carbonyl (C=O) groups is 1. The summed E-state index contributed by atoms with van der Waals surface area (Å²) in [5.74, 6) is -0.680. The molecule has 0 unspecified atom stereocenters. The van der Waals surface area contributed by atoms with E-state index in [9.17, 15) is 13.2 Å². The summed E-state index contributed by atoms with van der Waals surface area (Å²) < 4.78 is 28.9. The summed E-state index contributed by atoms with van der Waals surface area (Å²) >= 11 is 11.5. The van der Waals surface area contributed by atoms with Gasteiger partial charge in [0.05, 0.1) is 27.2 Å². The molecule has 3 N–H and O–H groups in total. The van der Waals surface area contributed by atoms with Crippen LogP contribution in [0.25, 0.3) is 0 Å². The highest BCUT2D eigenvalue weighted by atomic mass is 79.9. The minimum Gasteiger partial charge on any atom is -0.384 e. The van der Waals surface area contributed by atoms with Gasteiger partial charge >= 0.3 is 0 Å². The molecule has 0 saturated heterocycles. The van der Waals surface area contributed by atoms with Gasteiger partial charge in [0.15, 0.2) is 5.13 Å². The van der Waals surface area contributed by atoms with Crippen molar-refractivity contribution in [3.05, 3.63) is 25.4 Å². The molecule has 23 heavy (non-hydrogen) atoms. The van der Waals surface area contributed by atoms with Gasteiger partial charge in [-0.3, -0.25) is 10.1 Å². The number of nitrogens with one attached hydrogen (secondary N) is 1. The highest BCUT2D eigenvalue weighted by Crippen LogP contribution is 2.36. The zero-order chi connectivity index (χ0) is 17.2. The number of carbonyl (C=O) groups excluding carboxylic acids is 1. The Morgan fingerprint density at radius 3 is 2.74 bits per heavy atom. The van der Waals surface area contributed by atoms with Crippen LogP contribution in [0.3, 0.4) is 0 Å². The molecule has 0 fully saturated rings. The van der Waals surface area contributed by atoms with Gasteiger partial charge in [-0.1, -0.05) is 22.9 Å². The molecule has 0 aliphatic carbocycles. The summed E-state index contributed by atoms with van der Waals surface area (Å²) in [6, 6.07) is 0. The molecule has 2 aromatic rings. The quantitative estimate of drug-likeness (QED) is 0.688. The first-order valence-corrected chi connectivity index (χ1v) is 10.3. The average molecular weight is 461 g/mol. The number of amides is 1. The Bertz CT molecular complexity index is 834. The second-order valence-corrected chi connectivity index (χ2v) is 9.86. The van der Waals surface area contributed by atoms with Crippen LogP contribution in [-0.2, 0) is 21.2 Å². The summed E-state index contributed by atoms with van der Waals surface area (Å²) in [6.45, 7) is 0.338. The number of anilines is 1. The van der Waals surface area contributed by atoms with Crippen molar-refractivity contribution in [3.63, 3.8) is 0 Å². The first kappa shape index (κ1) is 18.8. The van der Waals surface area contributed by atoms with Gasteiger partial charge in [0.25, 0.3) is 5.91 Å². The Balaban J connectivity index is 2.42. The molecule has 12 heteroatoms. The number of sulfonamides is 1. The molecule has 126 valence electrons. The molecule has 0 radical (unpaired) electrons. The number of aromatic nitrogens is 1. The van der Waals surface area contributed by atoms with E-state index in [1.165, 1.54) is 24.6 Å². The number of rotatable bonds is 6. The molecule has 2 aromatic heterocycles. The normalized spacial score (nSPS) is 11.7. The summed E-state index contributed by atoms with van der Waals surface area (Å²) in [5, 5.41) is 8.07. The second kappa shape index (κ2) is 7.55. The van der Waals surface area contributed by atoms with Crippen molar-refractivity contribution < 1.29 is 17.9 Å². The maximum absolute atomic E-state index is 12.4. The summed E-state index contributed by atoms with van der Waals surface area (Å²) in [6.07, 6.45) is 1.89. The maximum atomic E-state index is 12.4. The first-order chi connectivity index (χ1) is 10.7. The second-order valence-electron chi connectivity index (χ2n) is 4.21. The number of nitrogens with zero attached hydrogens (tertiary/aromatic N) is 1. The summed E-state index contributed by atoms with van der Waals surface area (Å²) in [5.41, 5.74) is -0.170. The molecule has 0 aliphatic heterocycles. The molecular formula is C11H11BrClN3O4S3. The molecule has 0 spiro atoms. The number of ether oxygens (including phenoxy) is 1. The minimum absolute atomic E-state index is 0.0594. The van der Waals surface area contributed by atoms with E-state index in [4.69, 9.17) is 21.5 Å². The third kappa shape index (κ3) is 4.50. The lowest BCUT2D eigenvalue weighted by Crippen LogP contribution is -2.18. The SMILES string of the molecule is COCCc1sc(S(N)(=O)=O)c(C(=O)Nc2ncc(Br)s2)c1Cl. The number of primary sulfonamides is 1. The zero-order valence-corrected chi connectivity index (χ0v) is 16.4. The molecule has 0 saturated carbocycles. The Labute approximate surface area is 154 Å². The third-order valence-corrected chi connectivity index (χ3v) is 7.23. The molecule has 1 amide bonds. The fourth-order valence-electron chi connectivity index (χ4n) is 1.66. The molecule has 7 nitrogen and oxygen atoms in total. The van der Waals surface area contributed by atoms with Crippen LogP contribution in [0, 0.1) is 0 Å². The highest BCUT2D eigenvalue weighted by molar-refractivity contribution is 9.11. The van der Waals surface area contributed by atoms with Crippen LogP contribution in [0.15, 0.2) is 14.2 Å². The number of nitrogens with two attached hydrogens (primary N) is 1. The van der Waals surface area contributed by atoms with Gasteiger partial charge in [-0.05, 0) is 15.9 Å². The van der Waals surface area contributed by atoms with E-state index < -0.39 is 15.9 Å². The molecule has 2 rings (SSSR count). The van der Waals surface area contributed by atoms with E-state index in [1.54, 1.807) is 0 Å². The Kier molecular flexibility index (Phi) is 6.16. The van der Waals surface area contributed by atoms with E-state index in [2.05, 4.69) is 26.2 Å². The number of hydrogen-bond donors (Lipinski definition) is 2. The van der Waals surface area contributed by atoms with Gasteiger partial charge < -0.3 is 4.74 Å². The van der Waals surface area contributed by atoms with E-state index in [-0.39, 0.29) is 14.8 Å². The van der Waals surface area contributed by atoms with Crippen molar-refractivity contribution in [3.8, 4) is 0 Å². The molecule has 0 atom stereocenters.